The molecule has 1 aliphatic heterocycles. The van der Waals surface area contributed by atoms with Crippen LogP contribution in [0, 0.1) is 10.1 Å². The number of hydrogen-bond donors (Lipinski definition) is 0. The normalized spacial score (nSPS) is 12.7. The molecule has 0 bridgehead atoms. The lowest BCUT2D eigenvalue weighted by atomic mass is 10.1. The van der Waals surface area contributed by atoms with Gasteiger partial charge in [0.2, 0.25) is 0 Å². The van der Waals surface area contributed by atoms with E-state index in [0.29, 0.717) is 15.8 Å². The first-order valence-corrected chi connectivity index (χ1v) is 9.42. The Balaban J connectivity index is 1.49. The first-order valence-electron chi connectivity index (χ1n) is 8.66. The van der Waals surface area contributed by atoms with Crippen molar-refractivity contribution < 1.29 is 28.8 Å². The molecule has 2 amide bonds. The quantitative estimate of drug-likeness (QED) is 0.197. The number of nitrogens with zero attached hydrogens (tertiary/aromatic N) is 2. The Morgan fingerprint density at radius 1 is 1.10 bits per heavy atom. The van der Waals surface area contributed by atoms with Crippen molar-refractivity contribution in [2.75, 3.05) is 19.8 Å². The second kappa shape index (κ2) is 9.10. The summed E-state index contributed by atoms with van der Waals surface area (Å²) >= 11 is 11.7. The fourth-order valence-electron chi connectivity index (χ4n) is 2.85. The van der Waals surface area contributed by atoms with Crippen LogP contribution in [0.15, 0.2) is 36.4 Å². The van der Waals surface area contributed by atoms with Gasteiger partial charge < -0.3 is 9.47 Å². The van der Waals surface area contributed by atoms with E-state index in [1.807, 2.05) is 0 Å². The zero-order valence-electron chi connectivity index (χ0n) is 15.3. The second-order valence-electron chi connectivity index (χ2n) is 6.11. The molecule has 0 fully saturated rings. The lowest BCUT2D eigenvalue weighted by Gasteiger charge is -2.13. The van der Waals surface area contributed by atoms with Crippen molar-refractivity contribution in [2.45, 2.75) is 6.42 Å². The molecule has 0 N–H and O–H groups in total. The van der Waals surface area contributed by atoms with Crippen LogP contribution < -0.4 is 4.74 Å². The smallest absolute Gasteiger partial charge is 0.307 e. The van der Waals surface area contributed by atoms with E-state index < -0.39 is 28.4 Å². The molecule has 0 unspecified atom stereocenters. The minimum atomic E-state index is -0.809. The molecule has 3 rings (SSSR count). The van der Waals surface area contributed by atoms with Gasteiger partial charge in [-0.05, 0) is 24.3 Å². The molecule has 156 valence electrons. The lowest BCUT2D eigenvalue weighted by Crippen LogP contribution is -2.32. The fraction of sp³-hybridized carbons (Fsp3) is 0.211. The molecule has 2 aromatic rings. The van der Waals surface area contributed by atoms with Crippen LogP contribution in [0.4, 0.5) is 5.69 Å². The number of fused-ring (bicyclic) bond motifs is 1. The van der Waals surface area contributed by atoms with Gasteiger partial charge in [-0.15, -0.1) is 0 Å². The minimum absolute atomic E-state index is 0.0340. The highest BCUT2D eigenvalue weighted by Gasteiger charge is 2.40. The summed E-state index contributed by atoms with van der Waals surface area (Å²) in [5.41, 5.74) is -0.779. The van der Waals surface area contributed by atoms with Crippen LogP contribution in [-0.4, -0.2) is 47.4 Å². The number of rotatable bonds is 8. The predicted octanol–water partition coefficient (Wildman–Crippen LogP) is 3.51. The number of ether oxygens (including phenoxy) is 2. The molecule has 1 aliphatic rings. The van der Waals surface area contributed by atoms with Crippen molar-refractivity contribution in [3.8, 4) is 5.75 Å². The topological polar surface area (TPSA) is 116 Å². The van der Waals surface area contributed by atoms with Gasteiger partial charge in [-0.2, -0.15) is 0 Å². The Morgan fingerprint density at radius 3 is 2.57 bits per heavy atom. The highest BCUT2D eigenvalue weighted by atomic mass is 35.5. The predicted molar refractivity (Wildman–Crippen MR) is 106 cm³/mol. The molecule has 1 heterocycles. The number of imide groups is 1. The molecular weight excluding hydrogens is 439 g/mol. The summed E-state index contributed by atoms with van der Waals surface area (Å²) in [4.78, 5) is 47.8. The van der Waals surface area contributed by atoms with Gasteiger partial charge in [0.15, 0.2) is 0 Å². The van der Waals surface area contributed by atoms with Crippen LogP contribution in [0.25, 0.3) is 0 Å². The summed E-state index contributed by atoms with van der Waals surface area (Å²) < 4.78 is 10.4. The number of hydrogen-bond acceptors (Lipinski definition) is 7. The Hall–Kier alpha value is -3.17. The number of carbonyl (C=O) groups is 3. The molecule has 0 saturated carbocycles. The van der Waals surface area contributed by atoms with Crippen LogP contribution in [0.5, 0.6) is 5.75 Å². The van der Waals surface area contributed by atoms with E-state index in [9.17, 15) is 24.5 Å². The van der Waals surface area contributed by atoms with Crippen LogP contribution in [0.3, 0.4) is 0 Å². The van der Waals surface area contributed by atoms with Gasteiger partial charge in [0.1, 0.15) is 24.5 Å². The second-order valence-corrected chi connectivity index (χ2v) is 6.96. The number of nitro benzene ring substituents is 1. The van der Waals surface area contributed by atoms with Gasteiger partial charge >= 0.3 is 5.97 Å². The minimum Gasteiger partial charge on any atom is -0.488 e. The van der Waals surface area contributed by atoms with Crippen LogP contribution >= 0.6 is 23.2 Å². The van der Waals surface area contributed by atoms with E-state index in [1.54, 1.807) is 12.1 Å². The van der Waals surface area contributed by atoms with Crippen molar-refractivity contribution in [3.05, 3.63) is 67.7 Å². The Kier molecular flexibility index (Phi) is 6.53. The van der Waals surface area contributed by atoms with Crippen LogP contribution in [0.2, 0.25) is 10.0 Å². The number of nitro groups is 1. The maximum Gasteiger partial charge on any atom is 0.307 e. The van der Waals surface area contributed by atoms with Crippen molar-refractivity contribution in [1.82, 2.24) is 4.90 Å². The molecule has 0 radical (unpaired) electrons. The number of amides is 2. The van der Waals surface area contributed by atoms with Gasteiger partial charge in [0.05, 0.1) is 21.9 Å². The third-order valence-corrected chi connectivity index (χ3v) is 4.74. The van der Waals surface area contributed by atoms with Crippen LogP contribution in [0.1, 0.15) is 27.1 Å². The number of halogens is 2. The summed E-state index contributed by atoms with van der Waals surface area (Å²) in [5, 5.41) is 11.9. The Labute approximate surface area is 180 Å². The van der Waals surface area contributed by atoms with Crippen molar-refractivity contribution in [2.24, 2.45) is 0 Å². The zero-order valence-corrected chi connectivity index (χ0v) is 16.8. The number of esters is 1. The van der Waals surface area contributed by atoms with Crippen molar-refractivity contribution in [1.29, 1.82) is 0 Å². The van der Waals surface area contributed by atoms with Gasteiger partial charge in [0, 0.05) is 17.6 Å². The largest absolute Gasteiger partial charge is 0.488 e. The molecule has 11 heteroatoms. The highest BCUT2D eigenvalue weighted by Crippen LogP contribution is 2.31. The summed E-state index contributed by atoms with van der Waals surface area (Å²) in [7, 11) is 0. The van der Waals surface area contributed by atoms with E-state index >= 15 is 0 Å². The maximum absolute atomic E-state index is 12.4. The van der Waals surface area contributed by atoms with E-state index in [4.69, 9.17) is 32.7 Å². The van der Waals surface area contributed by atoms with Gasteiger partial charge in [-0.25, -0.2) is 0 Å². The first kappa shape index (κ1) is 21.5. The molecule has 30 heavy (non-hydrogen) atoms. The third kappa shape index (κ3) is 4.52. The van der Waals surface area contributed by atoms with E-state index in [0.717, 1.165) is 11.0 Å². The zero-order chi connectivity index (χ0) is 21.8. The van der Waals surface area contributed by atoms with E-state index in [-0.39, 0.29) is 37.3 Å². The van der Waals surface area contributed by atoms with Crippen molar-refractivity contribution in [3.63, 3.8) is 0 Å². The molecule has 0 aromatic heterocycles. The highest BCUT2D eigenvalue weighted by molar-refractivity contribution is 6.35. The lowest BCUT2D eigenvalue weighted by molar-refractivity contribution is -0.385. The van der Waals surface area contributed by atoms with E-state index in [1.165, 1.54) is 18.2 Å². The Bertz CT molecular complexity index is 1040. The van der Waals surface area contributed by atoms with Gasteiger partial charge in [0.25, 0.3) is 17.5 Å². The van der Waals surface area contributed by atoms with Crippen LogP contribution in [-0.2, 0) is 9.53 Å². The number of benzene rings is 2. The monoisotopic (exact) mass is 452 g/mol. The maximum atomic E-state index is 12.4. The summed E-state index contributed by atoms with van der Waals surface area (Å²) in [6, 6.07) is 8.49. The Morgan fingerprint density at radius 2 is 1.87 bits per heavy atom. The number of carbonyl (C=O) groups excluding carboxylic acids is 3. The summed E-state index contributed by atoms with van der Waals surface area (Å²) in [6.45, 7) is -0.302. The fourth-order valence-corrected chi connectivity index (χ4v) is 3.31. The average molecular weight is 453 g/mol. The molecule has 0 atom stereocenters. The molecule has 0 aliphatic carbocycles. The average Bonchev–Trinajstić information content (AvgIpc) is 2.95. The van der Waals surface area contributed by atoms with Gasteiger partial charge in [-0.1, -0.05) is 29.3 Å². The summed E-state index contributed by atoms with van der Waals surface area (Å²) in [5.74, 6) is -1.78. The first-order chi connectivity index (χ1) is 14.3. The SMILES string of the molecule is O=C(CCN1C(=O)c2cccc([N+](=O)[O-])c2C1=O)OCCOc1ccc(Cl)cc1Cl. The molecule has 9 nitrogen and oxygen atoms in total. The standard InChI is InChI=1S/C19H14Cl2N2O7/c20-11-4-5-15(13(21)10-11)29-8-9-30-16(24)6-7-22-18(25)12-2-1-3-14(23(27)28)17(12)19(22)26/h1-5,10H,6-9H2. The van der Waals surface area contributed by atoms with E-state index in [2.05, 4.69) is 0 Å². The van der Waals surface area contributed by atoms with Crippen molar-refractivity contribution >= 4 is 46.7 Å². The molecule has 0 spiro atoms. The molecular formula is C19H14Cl2N2O7. The molecule has 2 aromatic carbocycles. The van der Waals surface area contributed by atoms with Gasteiger partial charge in [-0.3, -0.25) is 29.4 Å². The summed E-state index contributed by atoms with van der Waals surface area (Å²) in [6.07, 6.45) is -0.263. The third-order valence-electron chi connectivity index (χ3n) is 4.21. The molecule has 0 saturated heterocycles.